The monoisotopic (exact) mass is 632 g/mol. The molecule has 242 valence electrons. The van der Waals surface area contributed by atoms with Gasteiger partial charge < -0.3 is 24.1 Å². The number of carbonyl (C=O) groups excluding carboxylic acids is 1. The Bertz CT molecular complexity index is 1980. The molecule has 4 aromatic rings. The summed E-state index contributed by atoms with van der Waals surface area (Å²) in [6, 6.07) is 10.6. The van der Waals surface area contributed by atoms with Gasteiger partial charge in [-0.15, -0.1) is 0 Å². The summed E-state index contributed by atoms with van der Waals surface area (Å²) in [6.45, 7) is 11.6. The zero-order valence-corrected chi connectivity index (χ0v) is 27.3. The first kappa shape index (κ1) is 28.7. The molecule has 11 nitrogen and oxygen atoms in total. The van der Waals surface area contributed by atoms with Crippen LogP contribution < -0.4 is 20.7 Å². The lowest BCUT2D eigenvalue weighted by atomic mass is 9.90. The molecule has 2 aliphatic carbocycles. The molecule has 4 aromatic heterocycles. The second-order valence-electron chi connectivity index (χ2n) is 14.5. The minimum Gasteiger partial charge on any atom is -0.378 e. The van der Waals surface area contributed by atoms with Gasteiger partial charge in [-0.05, 0) is 59.7 Å². The van der Waals surface area contributed by atoms with Crippen LogP contribution in [-0.4, -0.2) is 81.9 Å². The van der Waals surface area contributed by atoms with Gasteiger partial charge in [0.15, 0.2) is 0 Å². The third kappa shape index (κ3) is 4.62. The zero-order valence-electron chi connectivity index (χ0n) is 27.3. The average Bonchev–Trinajstić information content (AvgIpc) is 3.68. The van der Waals surface area contributed by atoms with Gasteiger partial charge >= 0.3 is 0 Å². The van der Waals surface area contributed by atoms with Crippen molar-refractivity contribution in [1.82, 2.24) is 24.0 Å². The number of rotatable bonds is 5. The van der Waals surface area contributed by atoms with E-state index in [9.17, 15) is 9.59 Å². The fourth-order valence-electron chi connectivity index (χ4n) is 8.30. The number of aromatic nitrogens is 4. The highest BCUT2D eigenvalue weighted by Gasteiger charge is 2.38. The fraction of sp³-hybridized carbons (Fsp3) is 0.444. The molecule has 0 saturated carbocycles. The maximum atomic E-state index is 13.9. The number of hydrogen-bond donors (Lipinski definition) is 1. The lowest BCUT2D eigenvalue weighted by molar-refractivity contribution is -0.0660. The van der Waals surface area contributed by atoms with Crippen molar-refractivity contribution in [2.45, 2.75) is 45.7 Å². The molecule has 0 bridgehead atoms. The van der Waals surface area contributed by atoms with Gasteiger partial charge in [-0.1, -0.05) is 13.8 Å². The van der Waals surface area contributed by atoms with Gasteiger partial charge in [0, 0.05) is 81.4 Å². The molecule has 2 fully saturated rings. The quantitative estimate of drug-likeness (QED) is 0.314. The summed E-state index contributed by atoms with van der Waals surface area (Å²) in [5.74, 6) is 1.32. The van der Waals surface area contributed by atoms with Gasteiger partial charge in [0.05, 0.1) is 31.1 Å². The molecule has 9 rings (SSSR count). The van der Waals surface area contributed by atoms with Crippen molar-refractivity contribution < 1.29 is 9.53 Å². The predicted octanol–water partition coefficient (Wildman–Crippen LogP) is 3.60. The van der Waals surface area contributed by atoms with Crippen LogP contribution in [0.2, 0.25) is 0 Å². The Morgan fingerprint density at radius 2 is 1.74 bits per heavy atom. The Morgan fingerprint density at radius 1 is 0.915 bits per heavy atom. The molecule has 0 unspecified atom stereocenters. The number of hydrogen-bond acceptors (Lipinski definition) is 8. The summed E-state index contributed by atoms with van der Waals surface area (Å²) in [5, 5.41) is 3.29. The van der Waals surface area contributed by atoms with Crippen molar-refractivity contribution in [3.8, 4) is 11.1 Å². The van der Waals surface area contributed by atoms with Crippen molar-refractivity contribution in [3.63, 3.8) is 0 Å². The predicted molar refractivity (Wildman–Crippen MR) is 181 cm³/mol. The number of piperazine rings is 1. The summed E-state index contributed by atoms with van der Waals surface area (Å²) in [4.78, 5) is 43.6. The van der Waals surface area contributed by atoms with Crippen LogP contribution in [0.15, 0.2) is 47.5 Å². The molecule has 2 saturated heterocycles. The van der Waals surface area contributed by atoms with Crippen LogP contribution >= 0.6 is 0 Å². The molecule has 5 aliphatic rings. The number of amides is 1. The first-order valence-corrected chi connectivity index (χ1v) is 16.8. The molecule has 7 heterocycles. The molecular formula is C36H40N8O3. The van der Waals surface area contributed by atoms with Crippen molar-refractivity contribution in [1.29, 1.82) is 0 Å². The number of fused-ring (bicyclic) bond motifs is 6. The molecule has 0 spiro atoms. The van der Waals surface area contributed by atoms with E-state index in [0.29, 0.717) is 36.3 Å². The molecule has 0 atom stereocenters. The van der Waals surface area contributed by atoms with E-state index in [4.69, 9.17) is 9.72 Å². The van der Waals surface area contributed by atoms with E-state index in [1.165, 1.54) is 11.3 Å². The zero-order chi connectivity index (χ0) is 32.0. The number of nitrogens with zero attached hydrogens (tertiary/aromatic N) is 7. The smallest absolute Gasteiger partial charge is 0.276 e. The summed E-state index contributed by atoms with van der Waals surface area (Å²) < 4.78 is 9.32. The number of ether oxygens (including phenoxy) is 1. The lowest BCUT2D eigenvalue weighted by Crippen LogP contribution is -2.56. The van der Waals surface area contributed by atoms with Gasteiger partial charge in [0.1, 0.15) is 23.0 Å². The Balaban J connectivity index is 0.957. The minimum atomic E-state index is -0.114. The average molecular weight is 633 g/mol. The lowest BCUT2D eigenvalue weighted by Gasteiger charge is -2.43. The van der Waals surface area contributed by atoms with Crippen molar-refractivity contribution in [3.05, 3.63) is 81.3 Å². The van der Waals surface area contributed by atoms with Gasteiger partial charge in [-0.25, -0.2) is 9.97 Å². The maximum Gasteiger partial charge on any atom is 0.276 e. The number of anilines is 4. The highest BCUT2D eigenvalue weighted by molar-refractivity contribution is 6.06. The van der Waals surface area contributed by atoms with Crippen LogP contribution in [-0.2, 0) is 37.6 Å². The van der Waals surface area contributed by atoms with Crippen LogP contribution in [0.3, 0.4) is 0 Å². The highest BCUT2D eigenvalue weighted by Crippen LogP contribution is 2.43. The Kier molecular flexibility index (Phi) is 6.42. The molecule has 0 radical (unpaired) electrons. The van der Waals surface area contributed by atoms with Gasteiger partial charge in [-0.3, -0.25) is 19.4 Å². The van der Waals surface area contributed by atoms with E-state index in [1.807, 2.05) is 36.3 Å². The van der Waals surface area contributed by atoms with Crippen LogP contribution in [0.4, 0.5) is 23.0 Å². The van der Waals surface area contributed by atoms with Crippen molar-refractivity contribution >= 4 is 28.9 Å². The summed E-state index contributed by atoms with van der Waals surface area (Å²) >= 11 is 0. The Morgan fingerprint density at radius 3 is 2.49 bits per heavy atom. The van der Waals surface area contributed by atoms with Crippen LogP contribution in [0, 0.1) is 5.41 Å². The second kappa shape index (κ2) is 10.5. The largest absolute Gasteiger partial charge is 0.378 e. The first-order chi connectivity index (χ1) is 22.7. The van der Waals surface area contributed by atoms with Gasteiger partial charge in [0.25, 0.3) is 11.5 Å². The van der Waals surface area contributed by atoms with Gasteiger partial charge in [-0.2, -0.15) is 0 Å². The van der Waals surface area contributed by atoms with Crippen LogP contribution in [0.25, 0.3) is 11.1 Å². The van der Waals surface area contributed by atoms with Crippen LogP contribution in [0.1, 0.15) is 46.9 Å². The number of carbonyl (C=O) groups is 1. The number of nitrogens with one attached hydrogen (secondary N) is 1. The van der Waals surface area contributed by atoms with E-state index in [1.54, 1.807) is 10.8 Å². The van der Waals surface area contributed by atoms with E-state index < -0.39 is 0 Å². The van der Waals surface area contributed by atoms with E-state index in [0.717, 1.165) is 92.5 Å². The fourth-order valence-corrected chi connectivity index (χ4v) is 8.30. The minimum absolute atomic E-state index is 0.000853. The normalized spacial score (nSPS) is 20.1. The summed E-state index contributed by atoms with van der Waals surface area (Å²) in [7, 11) is 1.82. The molecule has 0 aromatic carbocycles. The molecule has 47 heavy (non-hydrogen) atoms. The van der Waals surface area contributed by atoms with E-state index in [-0.39, 0.29) is 16.9 Å². The third-order valence-electron chi connectivity index (χ3n) is 10.9. The Hall–Kier alpha value is -4.48. The van der Waals surface area contributed by atoms with Crippen molar-refractivity contribution in [2.24, 2.45) is 12.5 Å². The van der Waals surface area contributed by atoms with Gasteiger partial charge in [0.2, 0.25) is 0 Å². The van der Waals surface area contributed by atoms with E-state index in [2.05, 4.69) is 50.6 Å². The molecular weight excluding hydrogens is 592 g/mol. The third-order valence-corrected chi connectivity index (χ3v) is 10.9. The van der Waals surface area contributed by atoms with Crippen molar-refractivity contribution in [2.75, 3.05) is 61.1 Å². The topological polar surface area (TPSA) is 101 Å². The summed E-state index contributed by atoms with van der Waals surface area (Å²) in [6.07, 6.45) is 6.22. The molecule has 1 N–H and O–H groups in total. The SMILES string of the molecule is Cn1c2c(cc(Nc3ccc(N4CCN(C5COC5)CC4)cn3)c1=O)-c1ccnc(N3CCn4c(cc5c4CC(C)(C)C5)C3=O)c1C2. The Labute approximate surface area is 273 Å². The molecule has 3 aliphatic heterocycles. The van der Waals surface area contributed by atoms with Crippen LogP contribution in [0.5, 0.6) is 0 Å². The standard InChI is InChI=1S/C36H40N8O3/c1-36(2)17-22-14-30-35(46)44(13-12-43(30)31(22)18-36)33-27-16-29-26(25(27)6-7-37-33)15-28(34(45)40(29)3)39-32-5-4-23(19-38-32)41-8-10-42(11-9-41)24-20-47-21-24/h4-7,14-15,19,24H,8-13,16-18,20-21H2,1-3H3,(H,38,39). The van der Waals surface area contributed by atoms with E-state index >= 15 is 0 Å². The number of pyridine rings is 3. The maximum absolute atomic E-state index is 13.9. The summed E-state index contributed by atoms with van der Waals surface area (Å²) in [5.41, 5.74) is 8.97. The molecule has 11 heteroatoms. The highest BCUT2D eigenvalue weighted by atomic mass is 16.5. The first-order valence-electron chi connectivity index (χ1n) is 16.8. The molecule has 1 amide bonds. The second-order valence-corrected chi connectivity index (χ2v) is 14.5.